The van der Waals surface area contributed by atoms with Crippen molar-refractivity contribution in [3.05, 3.63) is 29.8 Å². The first-order valence-corrected chi connectivity index (χ1v) is 9.87. The molecule has 1 aliphatic heterocycles. The predicted molar refractivity (Wildman–Crippen MR) is 109 cm³/mol. The Labute approximate surface area is 168 Å². The van der Waals surface area contributed by atoms with E-state index in [1.54, 1.807) is 0 Å². The summed E-state index contributed by atoms with van der Waals surface area (Å²) in [6.45, 7) is 13.7. The summed E-state index contributed by atoms with van der Waals surface area (Å²) in [7, 11) is -0.458. The van der Waals surface area contributed by atoms with Crippen molar-refractivity contribution in [1.82, 2.24) is 4.90 Å². The van der Waals surface area contributed by atoms with Crippen molar-refractivity contribution in [3.63, 3.8) is 0 Å². The SMILES string of the molecule is CC(C)(C)N(C(=O)O)C1(c2ccc(B3OC(C)(C)C(C)(C)O3)cc2)CC(O)C1. The van der Waals surface area contributed by atoms with Gasteiger partial charge in [0.05, 0.1) is 22.8 Å². The fourth-order valence-corrected chi connectivity index (χ4v) is 4.31. The van der Waals surface area contributed by atoms with Crippen molar-refractivity contribution < 1.29 is 24.3 Å². The molecule has 2 N–H and O–H groups in total. The first kappa shape index (κ1) is 21.2. The molecular formula is C21H32BNO5. The van der Waals surface area contributed by atoms with Crippen molar-refractivity contribution >= 4 is 18.7 Å². The average molecular weight is 389 g/mol. The molecule has 6 nitrogen and oxygen atoms in total. The second kappa shape index (κ2) is 6.47. The molecule has 0 aromatic heterocycles. The van der Waals surface area contributed by atoms with Crippen LogP contribution in [0.3, 0.4) is 0 Å². The van der Waals surface area contributed by atoms with E-state index in [0.29, 0.717) is 12.8 Å². The molecule has 2 aliphatic rings. The number of hydrogen-bond acceptors (Lipinski definition) is 4. The summed E-state index contributed by atoms with van der Waals surface area (Å²) in [5, 5.41) is 19.9. The van der Waals surface area contributed by atoms with Gasteiger partial charge in [0.1, 0.15) is 0 Å². The first-order chi connectivity index (χ1) is 12.7. The van der Waals surface area contributed by atoms with Crippen molar-refractivity contribution in [3.8, 4) is 0 Å². The van der Waals surface area contributed by atoms with Crippen LogP contribution in [0, 0.1) is 0 Å². The summed E-state index contributed by atoms with van der Waals surface area (Å²) >= 11 is 0. The Morgan fingerprint density at radius 2 is 1.54 bits per heavy atom. The van der Waals surface area contributed by atoms with E-state index >= 15 is 0 Å². The van der Waals surface area contributed by atoms with E-state index < -0.39 is 41.6 Å². The monoisotopic (exact) mass is 389 g/mol. The maximum atomic E-state index is 12.1. The van der Waals surface area contributed by atoms with Gasteiger partial charge in [0.25, 0.3) is 0 Å². The molecule has 28 heavy (non-hydrogen) atoms. The van der Waals surface area contributed by atoms with Gasteiger partial charge < -0.3 is 19.5 Å². The fourth-order valence-electron chi connectivity index (χ4n) is 4.31. The minimum atomic E-state index is -0.977. The Balaban J connectivity index is 1.92. The average Bonchev–Trinajstić information content (AvgIpc) is 2.72. The topological polar surface area (TPSA) is 79.2 Å². The number of hydrogen-bond donors (Lipinski definition) is 2. The number of carboxylic acid groups (broad SMARTS) is 1. The molecule has 0 radical (unpaired) electrons. The van der Waals surface area contributed by atoms with E-state index in [1.807, 2.05) is 72.7 Å². The van der Waals surface area contributed by atoms with Crippen LogP contribution in [0.4, 0.5) is 4.79 Å². The summed E-state index contributed by atoms with van der Waals surface area (Å²) in [5.74, 6) is 0. The Morgan fingerprint density at radius 1 is 1.07 bits per heavy atom. The van der Waals surface area contributed by atoms with Gasteiger partial charge >= 0.3 is 13.2 Å². The summed E-state index contributed by atoms with van der Waals surface area (Å²) in [5.41, 5.74) is -0.358. The number of rotatable bonds is 3. The van der Waals surface area contributed by atoms with Gasteiger partial charge in [-0.2, -0.15) is 0 Å². The molecule has 1 aliphatic carbocycles. The molecule has 1 aromatic carbocycles. The summed E-state index contributed by atoms with van der Waals surface area (Å²) < 4.78 is 12.2. The van der Waals surface area contributed by atoms with Crippen LogP contribution in [0.5, 0.6) is 0 Å². The van der Waals surface area contributed by atoms with Gasteiger partial charge in [-0.25, -0.2) is 4.79 Å². The summed E-state index contributed by atoms with van der Waals surface area (Å²) in [6.07, 6.45) is -0.680. The van der Waals surface area contributed by atoms with E-state index in [2.05, 4.69) is 0 Å². The smallest absolute Gasteiger partial charge is 0.465 e. The Bertz CT molecular complexity index is 731. The number of amides is 1. The molecule has 1 amide bonds. The standard InChI is InChI=1S/C21H32BNO5/c1-18(2,3)23(17(25)26)21(12-16(24)13-21)14-8-10-15(11-9-14)22-27-19(4,5)20(6,7)28-22/h8-11,16,24H,12-13H2,1-7H3,(H,25,26). The highest BCUT2D eigenvalue weighted by Crippen LogP contribution is 2.49. The summed E-state index contributed by atoms with van der Waals surface area (Å²) in [4.78, 5) is 13.6. The molecule has 1 saturated heterocycles. The van der Waals surface area contributed by atoms with Gasteiger partial charge in [0, 0.05) is 18.4 Å². The highest BCUT2D eigenvalue weighted by Gasteiger charge is 2.55. The van der Waals surface area contributed by atoms with Crippen LogP contribution < -0.4 is 5.46 Å². The van der Waals surface area contributed by atoms with Crippen LogP contribution in [-0.2, 0) is 14.8 Å². The largest absolute Gasteiger partial charge is 0.494 e. The lowest BCUT2D eigenvalue weighted by atomic mass is 9.66. The number of aliphatic hydroxyl groups is 1. The van der Waals surface area contributed by atoms with Crippen LogP contribution in [0.2, 0.25) is 0 Å². The lowest BCUT2D eigenvalue weighted by Crippen LogP contribution is -2.64. The van der Waals surface area contributed by atoms with Crippen molar-refractivity contribution in [2.24, 2.45) is 0 Å². The van der Waals surface area contributed by atoms with Gasteiger partial charge in [0.2, 0.25) is 0 Å². The third-order valence-corrected chi connectivity index (χ3v) is 6.41. The molecule has 0 unspecified atom stereocenters. The van der Waals surface area contributed by atoms with Gasteiger partial charge in [-0.1, -0.05) is 24.3 Å². The van der Waals surface area contributed by atoms with Gasteiger partial charge in [0.15, 0.2) is 0 Å². The zero-order valence-corrected chi connectivity index (χ0v) is 17.9. The highest BCUT2D eigenvalue weighted by atomic mass is 16.7. The van der Waals surface area contributed by atoms with Crippen LogP contribution in [0.25, 0.3) is 0 Å². The molecule has 2 fully saturated rings. The lowest BCUT2D eigenvalue weighted by molar-refractivity contribution is -0.0973. The minimum Gasteiger partial charge on any atom is -0.465 e. The summed E-state index contributed by atoms with van der Waals surface area (Å²) in [6, 6.07) is 7.75. The van der Waals surface area contributed by atoms with Gasteiger partial charge in [-0.05, 0) is 59.5 Å². The van der Waals surface area contributed by atoms with E-state index in [-0.39, 0.29) is 0 Å². The molecule has 1 heterocycles. The van der Waals surface area contributed by atoms with Crippen LogP contribution >= 0.6 is 0 Å². The Morgan fingerprint density at radius 3 is 1.89 bits per heavy atom. The maximum absolute atomic E-state index is 12.1. The zero-order chi connectivity index (χ0) is 21.1. The fraction of sp³-hybridized carbons (Fsp3) is 0.667. The number of aliphatic hydroxyl groups excluding tert-OH is 1. The van der Waals surface area contributed by atoms with E-state index in [0.717, 1.165) is 11.0 Å². The van der Waals surface area contributed by atoms with Crippen LogP contribution in [0.15, 0.2) is 24.3 Å². The molecule has 0 spiro atoms. The normalized spacial score (nSPS) is 28.7. The molecular weight excluding hydrogens is 357 g/mol. The first-order valence-electron chi connectivity index (χ1n) is 9.87. The second-order valence-corrected chi connectivity index (χ2v) is 10.1. The van der Waals surface area contributed by atoms with Gasteiger partial charge in [-0.15, -0.1) is 0 Å². The van der Waals surface area contributed by atoms with Crippen molar-refractivity contribution in [2.45, 2.75) is 89.7 Å². The van der Waals surface area contributed by atoms with E-state index in [1.165, 1.54) is 4.90 Å². The molecule has 3 rings (SSSR count). The molecule has 7 heteroatoms. The van der Waals surface area contributed by atoms with E-state index in [4.69, 9.17) is 9.31 Å². The Kier molecular flexibility index (Phi) is 4.89. The third-order valence-electron chi connectivity index (χ3n) is 6.41. The second-order valence-electron chi connectivity index (χ2n) is 10.1. The predicted octanol–water partition coefficient (Wildman–Crippen LogP) is 3.11. The maximum Gasteiger partial charge on any atom is 0.494 e. The number of benzene rings is 1. The lowest BCUT2D eigenvalue weighted by Gasteiger charge is -2.56. The molecule has 1 saturated carbocycles. The van der Waals surface area contributed by atoms with Gasteiger partial charge in [-0.3, -0.25) is 4.90 Å². The highest BCUT2D eigenvalue weighted by molar-refractivity contribution is 6.62. The Hall–Kier alpha value is -1.57. The molecule has 154 valence electrons. The van der Waals surface area contributed by atoms with Crippen LogP contribution in [-0.4, -0.2) is 51.2 Å². The number of carbonyl (C=O) groups is 1. The van der Waals surface area contributed by atoms with Crippen molar-refractivity contribution in [2.75, 3.05) is 0 Å². The van der Waals surface area contributed by atoms with Crippen molar-refractivity contribution in [1.29, 1.82) is 0 Å². The van der Waals surface area contributed by atoms with Crippen LogP contribution in [0.1, 0.15) is 66.9 Å². The quantitative estimate of drug-likeness (QED) is 0.777. The zero-order valence-electron chi connectivity index (χ0n) is 17.9. The molecule has 0 bridgehead atoms. The number of nitrogens with zero attached hydrogens (tertiary/aromatic N) is 1. The molecule has 1 aromatic rings. The third kappa shape index (κ3) is 3.33. The molecule has 0 atom stereocenters. The van der Waals surface area contributed by atoms with E-state index in [9.17, 15) is 15.0 Å². The minimum absolute atomic E-state index is 0.395.